The van der Waals surface area contributed by atoms with Gasteiger partial charge in [-0.2, -0.15) is 0 Å². The maximum Gasteiger partial charge on any atom is 0.407 e. The summed E-state index contributed by atoms with van der Waals surface area (Å²) in [5, 5.41) is 4.05. The molecule has 1 fully saturated rings. The van der Waals surface area contributed by atoms with Crippen LogP contribution in [0.3, 0.4) is 0 Å². The minimum atomic E-state index is -0.509. The van der Waals surface area contributed by atoms with Crippen LogP contribution in [-0.4, -0.2) is 29.8 Å². The molecule has 0 bridgehead atoms. The van der Waals surface area contributed by atoms with E-state index in [2.05, 4.69) is 10.3 Å². The van der Waals surface area contributed by atoms with Crippen LogP contribution >= 0.6 is 23.2 Å². The number of hydrogen-bond acceptors (Lipinski definition) is 4. The lowest BCUT2D eigenvalue weighted by Gasteiger charge is -2.22. The van der Waals surface area contributed by atoms with Crippen molar-refractivity contribution in [2.45, 2.75) is 39.2 Å². The molecule has 0 radical (unpaired) electrons. The Kier molecular flexibility index (Phi) is 6.06. The lowest BCUT2D eigenvalue weighted by Crippen LogP contribution is -2.37. The van der Waals surface area contributed by atoms with E-state index < -0.39 is 11.7 Å². The van der Waals surface area contributed by atoms with Crippen molar-refractivity contribution in [2.24, 2.45) is 5.41 Å². The number of nitrogens with one attached hydrogen (secondary N) is 1. The Hall–Kier alpha value is -1.98. The zero-order valence-corrected chi connectivity index (χ0v) is 17.7. The quantitative estimate of drug-likeness (QED) is 0.644. The average molecular weight is 423 g/mol. The summed E-state index contributed by atoms with van der Waals surface area (Å²) >= 11 is 12.4. The number of hydrogen-bond donors (Lipinski definition) is 1. The molecule has 0 saturated heterocycles. The summed E-state index contributed by atoms with van der Waals surface area (Å²) in [6.07, 6.45) is 4.98. The van der Waals surface area contributed by atoms with Crippen LogP contribution in [0.1, 0.15) is 33.6 Å². The molecule has 1 saturated carbocycles. The Morgan fingerprint density at radius 3 is 2.64 bits per heavy atom. The van der Waals surface area contributed by atoms with Crippen LogP contribution in [0, 0.1) is 5.41 Å². The minimum Gasteiger partial charge on any atom is -0.491 e. The molecule has 2 aromatic rings. The topological polar surface area (TPSA) is 60.5 Å². The van der Waals surface area contributed by atoms with Gasteiger partial charge >= 0.3 is 6.09 Å². The summed E-state index contributed by atoms with van der Waals surface area (Å²) < 4.78 is 11.3. The maximum atomic E-state index is 11.9. The number of pyridine rings is 1. The van der Waals surface area contributed by atoms with Crippen LogP contribution in [0.15, 0.2) is 36.7 Å². The first kappa shape index (κ1) is 20.7. The highest BCUT2D eigenvalue weighted by molar-refractivity contribution is 6.35. The van der Waals surface area contributed by atoms with E-state index in [0.717, 1.165) is 24.0 Å². The number of carbonyl (C=O) groups excluding carboxylic acids is 1. The van der Waals surface area contributed by atoms with E-state index in [1.807, 2.05) is 26.8 Å². The van der Waals surface area contributed by atoms with Crippen LogP contribution < -0.4 is 10.1 Å². The Morgan fingerprint density at radius 2 is 1.96 bits per heavy atom. The van der Waals surface area contributed by atoms with Crippen molar-refractivity contribution in [3.63, 3.8) is 0 Å². The highest BCUT2D eigenvalue weighted by Crippen LogP contribution is 2.45. The highest BCUT2D eigenvalue weighted by atomic mass is 35.5. The Labute approximate surface area is 175 Å². The van der Waals surface area contributed by atoms with Gasteiger partial charge in [0.05, 0.1) is 12.8 Å². The van der Waals surface area contributed by atoms with Gasteiger partial charge in [-0.25, -0.2) is 4.79 Å². The molecular formula is C21H24Cl2N2O3. The molecule has 7 heteroatoms. The van der Waals surface area contributed by atoms with Crippen molar-refractivity contribution in [2.75, 3.05) is 13.2 Å². The van der Waals surface area contributed by atoms with Gasteiger partial charge < -0.3 is 14.8 Å². The number of benzene rings is 1. The predicted molar refractivity (Wildman–Crippen MR) is 111 cm³/mol. The van der Waals surface area contributed by atoms with E-state index in [4.69, 9.17) is 32.7 Å². The van der Waals surface area contributed by atoms with E-state index in [0.29, 0.717) is 28.9 Å². The molecule has 1 aliphatic carbocycles. The molecule has 1 aliphatic rings. The monoisotopic (exact) mass is 422 g/mol. The molecule has 1 aromatic heterocycles. The van der Waals surface area contributed by atoms with Crippen LogP contribution in [0.4, 0.5) is 4.79 Å². The number of rotatable bonds is 6. The molecule has 1 amide bonds. The molecule has 28 heavy (non-hydrogen) atoms. The van der Waals surface area contributed by atoms with Crippen LogP contribution in [0.2, 0.25) is 10.0 Å². The number of aromatic nitrogens is 1. The standard InChI is InChI=1S/C21H24Cl2N2O3/c1-20(2,3)28-19(26)25-12-21(6-7-21)13-27-16-8-14(10-24-11-16)17-9-15(22)4-5-18(17)23/h4-5,8-11H,6-7,12-13H2,1-3H3,(H,25,26). The number of halogens is 2. The van der Waals surface area contributed by atoms with Gasteiger partial charge in [0.2, 0.25) is 0 Å². The van der Waals surface area contributed by atoms with Gasteiger partial charge in [0.1, 0.15) is 11.4 Å². The molecular weight excluding hydrogens is 399 g/mol. The lowest BCUT2D eigenvalue weighted by atomic mass is 10.1. The van der Waals surface area contributed by atoms with Crippen molar-refractivity contribution in [1.29, 1.82) is 0 Å². The third-order valence-corrected chi connectivity index (χ3v) is 5.03. The van der Waals surface area contributed by atoms with Crippen molar-refractivity contribution in [1.82, 2.24) is 10.3 Å². The Bertz CT molecular complexity index is 861. The van der Waals surface area contributed by atoms with Gasteiger partial charge in [-0.1, -0.05) is 23.2 Å². The number of ether oxygens (including phenoxy) is 2. The number of carbonyl (C=O) groups is 1. The van der Waals surface area contributed by atoms with Crippen molar-refractivity contribution >= 4 is 29.3 Å². The van der Waals surface area contributed by atoms with Crippen molar-refractivity contribution < 1.29 is 14.3 Å². The van der Waals surface area contributed by atoms with Gasteiger partial charge in [-0.05, 0) is 57.9 Å². The van der Waals surface area contributed by atoms with Gasteiger partial charge in [-0.3, -0.25) is 4.98 Å². The third kappa shape index (κ3) is 5.76. The van der Waals surface area contributed by atoms with E-state index >= 15 is 0 Å². The van der Waals surface area contributed by atoms with E-state index in [-0.39, 0.29) is 5.41 Å². The molecule has 3 rings (SSSR count). The summed E-state index contributed by atoms with van der Waals surface area (Å²) in [5.41, 5.74) is 1.08. The van der Waals surface area contributed by atoms with Crippen LogP contribution in [0.5, 0.6) is 5.75 Å². The predicted octanol–water partition coefficient (Wildman–Crippen LogP) is 5.74. The molecule has 0 aliphatic heterocycles. The first-order valence-electron chi connectivity index (χ1n) is 9.16. The Morgan fingerprint density at radius 1 is 1.21 bits per heavy atom. The fourth-order valence-corrected chi connectivity index (χ4v) is 3.12. The van der Waals surface area contributed by atoms with Gasteiger partial charge in [-0.15, -0.1) is 0 Å². The van der Waals surface area contributed by atoms with E-state index in [9.17, 15) is 4.79 Å². The van der Waals surface area contributed by atoms with Crippen molar-refractivity contribution in [3.8, 4) is 16.9 Å². The normalized spacial score (nSPS) is 15.0. The first-order valence-corrected chi connectivity index (χ1v) is 9.92. The van der Waals surface area contributed by atoms with E-state index in [1.54, 1.807) is 30.6 Å². The van der Waals surface area contributed by atoms with Gasteiger partial charge in [0, 0.05) is 39.3 Å². The van der Waals surface area contributed by atoms with Gasteiger partial charge in [0.15, 0.2) is 0 Å². The molecule has 1 N–H and O–H groups in total. The molecule has 1 aromatic carbocycles. The molecule has 1 heterocycles. The summed E-state index contributed by atoms with van der Waals surface area (Å²) in [5.74, 6) is 0.650. The SMILES string of the molecule is CC(C)(C)OC(=O)NCC1(COc2cncc(-c3cc(Cl)ccc3Cl)c2)CC1. The second-order valence-electron chi connectivity index (χ2n) is 8.18. The van der Waals surface area contributed by atoms with Crippen LogP contribution in [-0.2, 0) is 4.74 Å². The molecule has 0 spiro atoms. The first-order chi connectivity index (χ1) is 13.2. The average Bonchev–Trinajstić information content (AvgIpc) is 3.40. The maximum absolute atomic E-state index is 11.9. The Balaban J connectivity index is 1.59. The zero-order chi connectivity index (χ0) is 20.4. The molecule has 5 nitrogen and oxygen atoms in total. The largest absolute Gasteiger partial charge is 0.491 e. The fraction of sp³-hybridized carbons (Fsp3) is 0.429. The molecule has 0 unspecified atom stereocenters. The second kappa shape index (κ2) is 8.18. The lowest BCUT2D eigenvalue weighted by molar-refractivity contribution is 0.0509. The third-order valence-electron chi connectivity index (χ3n) is 4.46. The molecule has 150 valence electrons. The number of amides is 1. The summed E-state index contributed by atoms with van der Waals surface area (Å²) in [6, 6.07) is 7.20. The molecule has 0 atom stereocenters. The summed E-state index contributed by atoms with van der Waals surface area (Å²) in [4.78, 5) is 16.1. The van der Waals surface area contributed by atoms with Crippen molar-refractivity contribution in [3.05, 3.63) is 46.7 Å². The van der Waals surface area contributed by atoms with Crippen LogP contribution in [0.25, 0.3) is 11.1 Å². The zero-order valence-electron chi connectivity index (χ0n) is 16.2. The van der Waals surface area contributed by atoms with E-state index in [1.165, 1.54) is 0 Å². The fourth-order valence-electron chi connectivity index (χ4n) is 2.72. The summed E-state index contributed by atoms with van der Waals surface area (Å²) in [7, 11) is 0. The smallest absolute Gasteiger partial charge is 0.407 e. The highest BCUT2D eigenvalue weighted by Gasteiger charge is 2.44. The number of alkyl carbamates (subject to hydrolysis) is 1. The number of nitrogens with zero attached hydrogens (tertiary/aromatic N) is 1. The van der Waals surface area contributed by atoms with Gasteiger partial charge in [0.25, 0.3) is 0 Å². The summed E-state index contributed by atoms with van der Waals surface area (Å²) in [6.45, 7) is 6.55. The minimum absolute atomic E-state index is 0.0550. The second-order valence-corrected chi connectivity index (χ2v) is 9.02.